The summed E-state index contributed by atoms with van der Waals surface area (Å²) in [5.74, 6) is 3.19. The second kappa shape index (κ2) is 6.96. The van der Waals surface area contributed by atoms with Crippen LogP contribution in [0.1, 0.15) is 19.4 Å². The van der Waals surface area contributed by atoms with E-state index in [0.29, 0.717) is 6.04 Å². The highest BCUT2D eigenvalue weighted by Crippen LogP contribution is 2.12. The quantitative estimate of drug-likeness (QED) is 0.775. The smallest absolute Gasteiger partial charge is 0.0935 e. The third-order valence-corrected chi connectivity index (χ3v) is 3.78. The van der Waals surface area contributed by atoms with Gasteiger partial charge in [-0.1, -0.05) is 13.8 Å². The predicted molar refractivity (Wildman–Crippen MR) is 67.4 cm³/mol. The number of nitrogens with one attached hydrogen (secondary N) is 1. The van der Waals surface area contributed by atoms with Gasteiger partial charge in [-0.2, -0.15) is 11.8 Å². The van der Waals surface area contributed by atoms with Gasteiger partial charge in [0.25, 0.3) is 0 Å². The Morgan fingerprint density at radius 1 is 1.40 bits per heavy atom. The van der Waals surface area contributed by atoms with Crippen molar-refractivity contribution in [1.82, 2.24) is 5.32 Å². The molecule has 0 spiro atoms. The van der Waals surface area contributed by atoms with Gasteiger partial charge in [-0.25, -0.2) is 0 Å². The summed E-state index contributed by atoms with van der Waals surface area (Å²) in [5, 5.41) is 3.35. The van der Waals surface area contributed by atoms with Crippen LogP contribution in [-0.2, 0) is 6.42 Å². The maximum atomic E-state index is 5.07. The molecule has 1 rings (SSSR count). The first-order chi connectivity index (χ1) is 7.22. The molecule has 0 aliphatic heterocycles. The third kappa shape index (κ3) is 5.28. The molecule has 0 bridgehead atoms. The van der Waals surface area contributed by atoms with Crippen LogP contribution in [0.2, 0.25) is 0 Å². The molecular weight excluding hydrogens is 206 g/mol. The van der Waals surface area contributed by atoms with Crippen LogP contribution in [0, 0.1) is 5.92 Å². The van der Waals surface area contributed by atoms with Crippen molar-refractivity contribution >= 4 is 11.8 Å². The standard InChI is InChI=1S/C12H21NOS/c1-10(2)8-15-9-12(13-3)6-11-4-5-14-7-11/h4-5,7,10,12-13H,6,8-9H2,1-3H3. The van der Waals surface area contributed by atoms with E-state index in [-0.39, 0.29) is 0 Å². The van der Waals surface area contributed by atoms with Gasteiger partial charge in [0.05, 0.1) is 12.5 Å². The Balaban J connectivity index is 2.24. The van der Waals surface area contributed by atoms with Crippen LogP contribution in [0.25, 0.3) is 0 Å². The Labute approximate surface area is 96.8 Å². The van der Waals surface area contributed by atoms with Gasteiger partial charge in [-0.15, -0.1) is 0 Å². The van der Waals surface area contributed by atoms with Crippen molar-refractivity contribution in [2.75, 3.05) is 18.6 Å². The van der Waals surface area contributed by atoms with Crippen molar-refractivity contribution in [3.63, 3.8) is 0 Å². The van der Waals surface area contributed by atoms with E-state index in [2.05, 4.69) is 19.2 Å². The summed E-state index contributed by atoms with van der Waals surface area (Å²) in [7, 11) is 2.03. The minimum Gasteiger partial charge on any atom is -0.472 e. The summed E-state index contributed by atoms with van der Waals surface area (Å²) < 4.78 is 5.07. The van der Waals surface area contributed by atoms with Crippen LogP contribution in [0.3, 0.4) is 0 Å². The highest BCUT2D eigenvalue weighted by Gasteiger charge is 2.08. The van der Waals surface area contributed by atoms with Gasteiger partial charge in [0.1, 0.15) is 0 Å². The fraction of sp³-hybridized carbons (Fsp3) is 0.667. The fourth-order valence-corrected chi connectivity index (χ4v) is 2.56. The lowest BCUT2D eigenvalue weighted by atomic mass is 10.1. The van der Waals surface area contributed by atoms with Gasteiger partial charge in [-0.05, 0) is 36.8 Å². The van der Waals surface area contributed by atoms with Crippen molar-refractivity contribution in [2.24, 2.45) is 5.92 Å². The molecule has 1 aromatic rings. The topological polar surface area (TPSA) is 25.2 Å². The molecule has 86 valence electrons. The van der Waals surface area contributed by atoms with E-state index in [1.165, 1.54) is 17.1 Å². The minimum atomic E-state index is 0.548. The van der Waals surface area contributed by atoms with Crippen LogP contribution in [0.4, 0.5) is 0 Å². The number of thioether (sulfide) groups is 1. The Morgan fingerprint density at radius 2 is 2.20 bits per heavy atom. The lowest BCUT2D eigenvalue weighted by Crippen LogP contribution is -2.30. The monoisotopic (exact) mass is 227 g/mol. The summed E-state index contributed by atoms with van der Waals surface area (Å²) in [5.41, 5.74) is 1.28. The molecule has 0 amide bonds. The number of hydrogen-bond donors (Lipinski definition) is 1. The van der Waals surface area contributed by atoms with E-state index >= 15 is 0 Å². The SMILES string of the molecule is CNC(CSCC(C)C)Cc1ccoc1. The van der Waals surface area contributed by atoms with Gasteiger partial charge in [-0.3, -0.25) is 0 Å². The summed E-state index contributed by atoms with van der Waals surface area (Å²) >= 11 is 2.02. The molecule has 1 N–H and O–H groups in total. The van der Waals surface area contributed by atoms with E-state index < -0.39 is 0 Å². The zero-order chi connectivity index (χ0) is 11.1. The molecule has 0 saturated carbocycles. The molecule has 0 saturated heterocycles. The molecule has 0 radical (unpaired) electrons. The lowest BCUT2D eigenvalue weighted by Gasteiger charge is -2.15. The lowest BCUT2D eigenvalue weighted by molar-refractivity contribution is 0.556. The van der Waals surface area contributed by atoms with Gasteiger partial charge in [0.2, 0.25) is 0 Å². The van der Waals surface area contributed by atoms with E-state index in [4.69, 9.17) is 4.42 Å². The minimum absolute atomic E-state index is 0.548. The molecule has 0 aliphatic rings. The zero-order valence-corrected chi connectivity index (χ0v) is 10.6. The van der Waals surface area contributed by atoms with Crippen molar-refractivity contribution in [2.45, 2.75) is 26.3 Å². The first kappa shape index (κ1) is 12.7. The van der Waals surface area contributed by atoms with E-state index in [0.717, 1.165) is 12.3 Å². The Morgan fingerprint density at radius 3 is 2.73 bits per heavy atom. The summed E-state index contributed by atoms with van der Waals surface area (Å²) in [6, 6.07) is 2.59. The highest BCUT2D eigenvalue weighted by molar-refractivity contribution is 7.99. The van der Waals surface area contributed by atoms with Crippen molar-refractivity contribution in [3.05, 3.63) is 24.2 Å². The largest absolute Gasteiger partial charge is 0.472 e. The average molecular weight is 227 g/mol. The second-order valence-electron chi connectivity index (χ2n) is 4.25. The highest BCUT2D eigenvalue weighted by atomic mass is 32.2. The van der Waals surface area contributed by atoms with Crippen LogP contribution in [-0.4, -0.2) is 24.6 Å². The van der Waals surface area contributed by atoms with Gasteiger partial charge in [0.15, 0.2) is 0 Å². The third-order valence-electron chi connectivity index (χ3n) is 2.24. The first-order valence-corrected chi connectivity index (χ1v) is 6.64. The van der Waals surface area contributed by atoms with Crippen LogP contribution < -0.4 is 5.32 Å². The molecule has 2 nitrogen and oxygen atoms in total. The Kier molecular flexibility index (Phi) is 5.88. The zero-order valence-electron chi connectivity index (χ0n) is 9.82. The van der Waals surface area contributed by atoms with Gasteiger partial charge >= 0.3 is 0 Å². The molecular formula is C12H21NOS. The molecule has 1 aromatic heterocycles. The van der Waals surface area contributed by atoms with Crippen molar-refractivity contribution in [3.8, 4) is 0 Å². The van der Waals surface area contributed by atoms with E-state index in [1.54, 1.807) is 6.26 Å². The second-order valence-corrected chi connectivity index (χ2v) is 5.33. The average Bonchev–Trinajstić information content (AvgIpc) is 2.68. The molecule has 0 aromatic carbocycles. The van der Waals surface area contributed by atoms with Crippen molar-refractivity contribution < 1.29 is 4.42 Å². The number of rotatable bonds is 7. The van der Waals surface area contributed by atoms with E-state index in [9.17, 15) is 0 Å². The molecule has 15 heavy (non-hydrogen) atoms. The summed E-state index contributed by atoms with van der Waals surface area (Å²) in [6.07, 6.45) is 4.62. The van der Waals surface area contributed by atoms with Gasteiger partial charge in [0, 0.05) is 11.8 Å². The number of likely N-dealkylation sites (N-methyl/N-ethyl adjacent to an activating group) is 1. The molecule has 0 fully saturated rings. The maximum Gasteiger partial charge on any atom is 0.0935 e. The summed E-state index contributed by atoms with van der Waals surface area (Å²) in [6.45, 7) is 4.52. The van der Waals surface area contributed by atoms with Crippen LogP contribution >= 0.6 is 11.8 Å². The van der Waals surface area contributed by atoms with Crippen LogP contribution in [0.5, 0.6) is 0 Å². The summed E-state index contributed by atoms with van der Waals surface area (Å²) in [4.78, 5) is 0. The van der Waals surface area contributed by atoms with Gasteiger partial charge < -0.3 is 9.73 Å². The number of furan rings is 1. The molecule has 0 aliphatic carbocycles. The maximum absolute atomic E-state index is 5.07. The molecule has 1 heterocycles. The van der Waals surface area contributed by atoms with Crippen molar-refractivity contribution in [1.29, 1.82) is 0 Å². The van der Waals surface area contributed by atoms with Crippen LogP contribution in [0.15, 0.2) is 23.0 Å². The Hall–Kier alpha value is -0.410. The predicted octanol–water partition coefficient (Wildman–Crippen LogP) is 2.80. The fourth-order valence-electron chi connectivity index (χ4n) is 1.38. The molecule has 1 atom stereocenters. The van der Waals surface area contributed by atoms with E-state index in [1.807, 2.05) is 31.1 Å². The normalized spacial score (nSPS) is 13.3. The number of hydrogen-bond acceptors (Lipinski definition) is 3. The first-order valence-electron chi connectivity index (χ1n) is 5.48. The molecule has 3 heteroatoms. The molecule has 1 unspecified atom stereocenters. The Bertz CT molecular complexity index is 246.